The number of aryl methyl sites for hydroxylation is 1. The van der Waals surface area contributed by atoms with Gasteiger partial charge < -0.3 is 10.1 Å². The van der Waals surface area contributed by atoms with Gasteiger partial charge in [0.2, 0.25) is 15.9 Å². The van der Waals surface area contributed by atoms with E-state index in [9.17, 15) is 23.3 Å². The number of non-ortho nitro benzene ring substituents is 1. The summed E-state index contributed by atoms with van der Waals surface area (Å²) in [4.78, 5) is 23.2. The largest absolute Gasteiger partial charge is 0.437 e. The number of hydrogen-bond acceptors (Lipinski definition) is 7. The van der Waals surface area contributed by atoms with E-state index in [1.807, 2.05) is 26.0 Å². The lowest BCUT2D eigenvalue weighted by Gasteiger charge is -2.16. The molecule has 2 aromatic carbocycles. The molecule has 0 unspecified atom stereocenters. The highest BCUT2D eigenvalue weighted by Gasteiger charge is 2.30. The van der Waals surface area contributed by atoms with Crippen molar-refractivity contribution in [1.29, 1.82) is 0 Å². The van der Waals surface area contributed by atoms with E-state index in [4.69, 9.17) is 4.74 Å². The van der Waals surface area contributed by atoms with Gasteiger partial charge in [-0.1, -0.05) is 24.6 Å². The zero-order valence-electron chi connectivity index (χ0n) is 21.0. The van der Waals surface area contributed by atoms with Gasteiger partial charge in [-0.2, -0.15) is 9.78 Å². The molecule has 1 aliphatic carbocycles. The fraction of sp³-hybridized carbons (Fsp3) is 0.360. The Morgan fingerprint density at radius 2 is 1.89 bits per heavy atom. The van der Waals surface area contributed by atoms with Gasteiger partial charge in [0.05, 0.1) is 10.6 Å². The van der Waals surface area contributed by atoms with Crippen LogP contribution in [0.1, 0.15) is 54.7 Å². The van der Waals surface area contributed by atoms with Crippen molar-refractivity contribution in [2.45, 2.75) is 63.9 Å². The molecule has 1 fully saturated rings. The maximum Gasteiger partial charge on any atom is 0.272 e. The molecule has 0 saturated heterocycles. The molecular weight excluding hydrogens is 498 g/mol. The molecule has 4 rings (SSSR count). The first-order chi connectivity index (χ1) is 17.5. The van der Waals surface area contributed by atoms with Crippen LogP contribution in [0, 0.1) is 24.0 Å². The molecule has 196 valence electrons. The zero-order chi connectivity index (χ0) is 26.9. The Bertz CT molecular complexity index is 1440. The first-order valence-corrected chi connectivity index (χ1v) is 13.4. The van der Waals surface area contributed by atoms with Crippen molar-refractivity contribution in [2.24, 2.45) is 0 Å². The summed E-state index contributed by atoms with van der Waals surface area (Å²) in [5, 5.41) is 18.8. The Morgan fingerprint density at radius 1 is 1.22 bits per heavy atom. The predicted octanol–water partition coefficient (Wildman–Crippen LogP) is 4.16. The molecule has 2 N–H and O–H groups in total. The second kappa shape index (κ2) is 10.3. The predicted molar refractivity (Wildman–Crippen MR) is 137 cm³/mol. The SMILES string of the molecule is CC[C@H](C)NS(=O)(=O)c1cc([N+](=O)[O-])ccc1Oc1c(C)c(C(=O)NC2CC2)nn1-c1ccc(C)cc1. The Kier molecular flexibility index (Phi) is 7.32. The van der Waals surface area contributed by atoms with E-state index in [-0.39, 0.29) is 34.2 Å². The lowest BCUT2D eigenvalue weighted by atomic mass is 10.2. The third-order valence-corrected chi connectivity index (χ3v) is 7.69. The molecule has 1 amide bonds. The Hall–Kier alpha value is -3.77. The summed E-state index contributed by atoms with van der Waals surface area (Å²) in [7, 11) is -4.18. The van der Waals surface area contributed by atoms with Crippen LogP contribution in [-0.4, -0.2) is 41.1 Å². The minimum Gasteiger partial charge on any atom is -0.437 e. The number of nitrogens with one attached hydrogen (secondary N) is 2. The highest BCUT2D eigenvalue weighted by molar-refractivity contribution is 7.89. The van der Waals surface area contributed by atoms with E-state index >= 15 is 0 Å². The second-order valence-corrected chi connectivity index (χ2v) is 10.9. The summed E-state index contributed by atoms with van der Waals surface area (Å²) in [5.74, 6) is -0.365. The van der Waals surface area contributed by atoms with Gasteiger partial charge in [0.15, 0.2) is 5.69 Å². The van der Waals surface area contributed by atoms with Crippen molar-refractivity contribution in [3.8, 4) is 17.3 Å². The topological polar surface area (TPSA) is 145 Å². The van der Waals surface area contributed by atoms with Crippen molar-refractivity contribution in [3.63, 3.8) is 0 Å². The lowest BCUT2D eigenvalue weighted by Crippen LogP contribution is -2.32. The number of aromatic nitrogens is 2. The number of sulfonamides is 1. The molecule has 1 aromatic heterocycles. The van der Waals surface area contributed by atoms with Crippen LogP contribution in [-0.2, 0) is 10.0 Å². The zero-order valence-corrected chi connectivity index (χ0v) is 21.8. The van der Waals surface area contributed by atoms with Crippen molar-refractivity contribution in [1.82, 2.24) is 19.8 Å². The summed E-state index contributed by atoms with van der Waals surface area (Å²) in [6.45, 7) is 7.10. The van der Waals surface area contributed by atoms with Crippen LogP contribution in [0.3, 0.4) is 0 Å². The molecule has 11 nitrogen and oxygen atoms in total. The Morgan fingerprint density at radius 3 is 2.49 bits per heavy atom. The number of hydrogen-bond donors (Lipinski definition) is 2. The van der Waals surface area contributed by atoms with E-state index in [0.29, 0.717) is 17.7 Å². The van der Waals surface area contributed by atoms with Gasteiger partial charge >= 0.3 is 0 Å². The third-order valence-electron chi connectivity index (χ3n) is 6.08. The lowest BCUT2D eigenvalue weighted by molar-refractivity contribution is -0.385. The first-order valence-electron chi connectivity index (χ1n) is 12.0. The first kappa shape index (κ1) is 26.3. The highest BCUT2D eigenvalue weighted by atomic mass is 32.2. The summed E-state index contributed by atoms with van der Waals surface area (Å²) >= 11 is 0. The number of nitrogens with zero attached hydrogens (tertiary/aromatic N) is 3. The van der Waals surface area contributed by atoms with Gasteiger partial charge in [-0.25, -0.2) is 13.1 Å². The minimum absolute atomic E-state index is 0.110. The molecule has 3 aromatic rings. The van der Waals surface area contributed by atoms with Crippen LogP contribution in [0.4, 0.5) is 5.69 Å². The van der Waals surface area contributed by atoms with E-state index in [1.165, 1.54) is 16.8 Å². The molecular formula is C25H29N5O6S. The molecule has 37 heavy (non-hydrogen) atoms. The van der Waals surface area contributed by atoms with E-state index in [1.54, 1.807) is 26.0 Å². The van der Waals surface area contributed by atoms with Crippen molar-refractivity contribution < 1.29 is 22.9 Å². The third kappa shape index (κ3) is 5.81. The molecule has 1 atom stereocenters. The number of carbonyl (C=O) groups is 1. The normalized spacial score (nSPS) is 14.3. The summed E-state index contributed by atoms with van der Waals surface area (Å²) in [6, 6.07) is 10.4. The fourth-order valence-electron chi connectivity index (χ4n) is 3.58. The van der Waals surface area contributed by atoms with Gasteiger partial charge in [-0.15, -0.1) is 0 Å². The average Bonchev–Trinajstić information content (AvgIpc) is 3.61. The van der Waals surface area contributed by atoms with Crippen molar-refractivity contribution >= 4 is 21.6 Å². The highest BCUT2D eigenvalue weighted by Crippen LogP contribution is 2.36. The van der Waals surface area contributed by atoms with Crippen LogP contribution < -0.4 is 14.8 Å². The maximum absolute atomic E-state index is 13.2. The number of nitro groups is 1. The standard InChI is InChI=1S/C25H29N5O6S/c1-5-16(3)28-37(34,35)22-14-20(30(32)33)12-13-21(22)36-25-17(4)23(24(31)26-18-8-9-18)27-29(25)19-10-6-15(2)7-11-19/h6-7,10-14,16,18,28H,5,8-9H2,1-4H3,(H,26,31)/t16-/m0/s1. The van der Waals surface area contributed by atoms with Crippen LogP contribution in [0.2, 0.25) is 0 Å². The van der Waals surface area contributed by atoms with Gasteiger partial charge in [-0.3, -0.25) is 14.9 Å². The molecule has 1 saturated carbocycles. The average molecular weight is 528 g/mol. The molecule has 0 spiro atoms. The number of benzene rings is 2. The molecule has 1 heterocycles. The van der Waals surface area contributed by atoms with Crippen LogP contribution in [0.15, 0.2) is 47.4 Å². The minimum atomic E-state index is -4.18. The van der Waals surface area contributed by atoms with Gasteiger partial charge in [0, 0.05) is 29.8 Å². The molecule has 1 aliphatic rings. The summed E-state index contributed by atoms with van der Waals surface area (Å²) in [6.07, 6.45) is 2.32. The summed E-state index contributed by atoms with van der Waals surface area (Å²) in [5.41, 5.74) is 1.76. The quantitative estimate of drug-likeness (QED) is 0.297. The fourth-order valence-corrected chi connectivity index (χ4v) is 5.05. The number of rotatable bonds is 10. The number of amides is 1. The molecule has 0 bridgehead atoms. The van der Waals surface area contributed by atoms with E-state index in [2.05, 4.69) is 15.1 Å². The van der Waals surface area contributed by atoms with Gasteiger partial charge in [0.1, 0.15) is 10.6 Å². The van der Waals surface area contributed by atoms with Gasteiger partial charge in [-0.05, 0) is 58.2 Å². The van der Waals surface area contributed by atoms with Crippen molar-refractivity contribution in [2.75, 3.05) is 0 Å². The van der Waals surface area contributed by atoms with Crippen molar-refractivity contribution in [3.05, 3.63) is 69.4 Å². The number of ether oxygens (including phenoxy) is 1. The van der Waals surface area contributed by atoms with E-state index < -0.39 is 26.7 Å². The second-order valence-electron chi connectivity index (χ2n) is 9.19. The molecule has 0 radical (unpaired) electrons. The maximum atomic E-state index is 13.2. The van der Waals surface area contributed by atoms with Crippen LogP contribution >= 0.6 is 0 Å². The Balaban J connectivity index is 1.84. The van der Waals surface area contributed by atoms with Gasteiger partial charge in [0.25, 0.3) is 11.6 Å². The molecule has 0 aliphatic heterocycles. The summed E-state index contributed by atoms with van der Waals surface area (Å²) < 4.78 is 36.5. The Labute approximate surface area is 215 Å². The monoisotopic (exact) mass is 527 g/mol. The number of nitro benzene ring substituents is 1. The smallest absolute Gasteiger partial charge is 0.272 e. The van der Waals surface area contributed by atoms with Crippen LogP contribution in [0.25, 0.3) is 5.69 Å². The van der Waals surface area contributed by atoms with Crippen LogP contribution in [0.5, 0.6) is 11.6 Å². The van der Waals surface area contributed by atoms with E-state index in [0.717, 1.165) is 24.5 Å². The number of carbonyl (C=O) groups excluding carboxylic acids is 1. The molecule has 12 heteroatoms.